The second-order valence-corrected chi connectivity index (χ2v) is 10.6. The molecule has 2 unspecified atom stereocenters. The molecule has 7 heteroatoms. The van der Waals surface area contributed by atoms with Crippen LogP contribution < -0.4 is 4.74 Å². The van der Waals surface area contributed by atoms with E-state index in [9.17, 15) is 15.0 Å². The van der Waals surface area contributed by atoms with Gasteiger partial charge in [0.2, 0.25) is 5.91 Å². The number of aromatic hydroxyl groups is 1. The van der Waals surface area contributed by atoms with Crippen molar-refractivity contribution in [3.63, 3.8) is 0 Å². The number of pyridine rings is 1. The standard InChI is InChI=1S/C28H33N3O4/c1-3-14-31-15-12-27-24-19-7-8-21(32)25(24)35-26(27)20(10-11-28(27,34)22(31)16-19)30(2)23(33)9-6-18-5-4-13-29-17-18/h3-5,7-8,13,17,20,22,26,32,34H,1,6,9-12,14-16H2,2H3/t20?,22-,26?,27+,28-/m1/s1. The van der Waals surface area contributed by atoms with Crippen LogP contribution in [0.5, 0.6) is 11.5 Å². The van der Waals surface area contributed by atoms with E-state index < -0.39 is 17.1 Å². The molecule has 2 N–H and O–H groups in total. The van der Waals surface area contributed by atoms with Crippen LogP contribution in [0.4, 0.5) is 0 Å². The lowest BCUT2D eigenvalue weighted by molar-refractivity contribution is -0.198. The molecular formula is C28H33N3O4. The minimum Gasteiger partial charge on any atom is -0.504 e. The van der Waals surface area contributed by atoms with Crippen molar-refractivity contribution >= 4 is 5.91 Å². The van der Waals surface area contributed by atoms with E-state index in [1.807, 2.05) is 36.2 Å². The zero-order chi connectivity index (χ0) is 24.4. The number of hydrogen-bond donors (Lipinski definition) is 2. The number of likely N-dealkylation sites (tertiary alicyclic amines) is 1. The van der Waals surface area contributed by atoms with E-state index in [-0.39, 0.29) is 23.7 Å². The molecule has 2 bridgehead atoms. The molecule has 2 fully saturated rings. The molecule has 1 saturated carbocycles. The van der Waals surface area contributed by atoms with Gasteiger partial charge >= 0.3 is 0 Å². The third kappa shape index (κ3) is 3.04. The fraction of sp³-hybridized carbons (Fsp3) is 0.500. The molecule has 184 valence electrons. The van der Waals surface area contributed by atoms with E-state index in [2.05, 4.69) is 16.5 Å². The fourth-order valence-electron chi connectivity index (χ4n) is 7.54. The van der Waals surface area contributed by atoms with Gasteiger partial charge in [-0.2, -0.15) is 0 Å². The van der Waals surface area contributed by atoms with Gasteiger partial charge in [0.15, 0.2) is 11.5 Å². The molecule has 1 aromatic heterocycles. The molecule has 1 saturated heterocycles. The van der Waals surface area contributed by atoms with Crippen LogP contribution in [-0.2, 0) is 23.1 Å². The summed E-state index contributed by atoms with van der Waals surface area (Å²) >= 11 is 0. The van der Waals surface area contributed by atoms with E-state index in [1.165, 1.54) is 0 Å². The van der Waals surface area contributed by atoms with E-state index >= 15 is 0 Å². The van der Waals surface area contributed by atoms with Crippen LogP contribution in [0.3, 0.4) is 0 Å². The van der Waals surface area contributed by atoms with Crippen molar-refractivity contribution < 1.29 is 19.7 Å². The van der Waals surface area contributed by atoms with Crippen LogP contribution in [0.15, 0.2) is 49.3 Å². The Labute approximate surface area is 206 Å². The van der Waals surface area contributed by atoms with Gasteiger partial charge in [-0.25, -0.2) is 0 Å². The maximum atomic E-state index is 13.3. The number of likely N-dealkylation sites (N-methyl/N-ethyl adjacent to an activating group) is 1. The number of benzene rings is 1. The maximum absolute atomic E-state index is 13.3. The first-order valence-electron chi connectivity index (χ1n) is 12.6. The summed E-state index contributed by atoms with van der Waals surface area (Å²) in [6, 6.07) is 7.34. The molecule has 2 aromatic rings. The van der Waals surface area contributed by atoms with Crippen LogP contribution >= 0.6 is 0 Å². The van der Waals surface area contributed by atoms with Crippen molar-refractivity contribution in [2.45, 2.75) is 67.7 Å². The highest BCUT2D eigenvalue weighted by molar-refractivity contribution is 5.77. The molecule has 2 aliphatic carbocycles. The van der Waals surface area contributed by atoms with Crippen LogP contribution in [0.25, 0.3) is 0 Å². The lowest BCUT2D eigenvalue weighted by Crippen LogP contribution is -2.78. The number of amides is 1. The van der Waals surface area contributed by atoms with Crippen molar-refractivity contribution in [3.8, 4) is 11.5 Å². The summed E-state index contributed by atoms with van der Waals surface area (Å²) in [6.45, 7) is 5.48. The largest absolute Gasteiger partial charge is 0.504 e. The first-order chi connectivity index (χ1) is 16.9. The Hall–Kier alpha value is -2.90. The summed E-state index contributed by atoms with van der Waals surface area (Å²) in [7, 11) is 1.86. The van der Waals surface area contributed by atoms with Gasteiger partial charge in [0.05, 0.1) is 17.1 Å². The predicted octanol–water partition coefficient (Wildman–Crippen LogP) is 2.59. The Morgan fingerprint density at radius 2 is 2.23 bits per heavy atom. The second-order valence-electron chi connectivity index (χ2n) is 10.6. The van der Waals surface area contributed by atoms with E-state index in [0.717, 1.165) is 42.6 Å². The minimum absolute atomic E-state index is 0.0455. The van der Waals surface area contributed by atoms with Crippen LogP contribution in [0.2, 0.25) is 0 Å². The zero-order valence-electron chi connectivity index (χ0n) is 20.2. The Balaban J connectivity index is 1.36. The number of carbonyl (C=O) groups is 1. The molecule has 1 aromatic carbocycles. The normalized spacial score (nSPS) is 32.5. The quantitative estimate of drug-likeness (QED) is 0.625. The topological polar surface area (TPSA) is 86.1 Å². The molecule has 0 radical (unpaired) electrons. The van der Waals surface area contributed by atoms with Crippen molar-refractivity contribution in [3.05, 3.63) is 66.0 Å². The van der Waals surface area contributed by atoms with Crippen molar-refractivity contribution in [2.24, 2.45) is 0 Å². The Kier molecular flexibility index (Phi) is 5.20. The van der Waals surface area contributed by atoms with Gasteiger partial charge in [0.1, 0.15) is 6.10 Å². The zero-order valence-corrected chi connectivity index (χ0v) is 20.2. The van der Waals surface area contributed by atoms with Gasteiger partial charge in [-0.05, 0) is 61.9 Å². The number of nitrogens with zero attached hydrogens (tertiary/aromatic N) is 3. The highest BCUT2D eigenvalue weighted by Gasteiger charge is 2.73. The number of carbonyl (C=O) groups excluding carboxylic acids is 1. The highest BCUT2D eigenvalue weighted by Crippen LogP contribution is 2.65. The van der Waals surface area contributed by atoms with Gasteiger partial charge in [-0.1, -0.05) is 18.2 Å². The number of ether oxygens (including phenoxy) is 1. The fourth-order valence-corrected chi connectivity index (χ4v) is 7.54. The Morgan fingerprint density at radius 3 is 3.00 bits per heavy atom. The number of piperidine rings is 1. The molecule has 2 aliphatic heterocycles. The third-order valence-electron chi connectivity index (χ3n) is 9.15. The van der Waals surface area contributed by atoms with Crippen LogP contribution in [0.1, 0.15) is 42.4 Å². The number of aromatic nitrogens is 1. The smallest absolute Gasteiger partial charge is 0.223 e. The average molecular weight is 476 g/mol. The molecule has 35 heavy (non-hydrogen) atoms. The van der Waals surface area contributed by atoms with Crippen LogP contribution in [-0.4, -0.2) is 74.8 Å². The first kappa shape index (κ1) is 22.6. The molecule has 1 spiro atoms. The maximum Gasteiger partial charge on any atom is 0.223 e. The molecule has 5 atom stereocenters. The van der Waals surface area contributed by atoms with E-state index in [1.54, 1.807) is 18.5 Å². The van der Waals surface area contributed by atoms with Crippen LogP contribution in [0, 0.1) is 0 Å². The molecule has 3 heterocycles. The highest BCUT2D eigenvalue weighted by atomic mass is 16.5. The third-order valence-corrected chi connectivity index (χ3v) is 9.15. The van der Waals surface area contributed by atoms with Gasteiger partial charge < -0.3 is 19.8 Å². The molecule has 7 nitrogen and oxygen atoms in total. The summed E-state index contributed by atoms with van der Waals surface area (Å²) in [5, 5.41) is 23.2. The van der Waals surface area contributed by atoms with Crippen molar-refractivity contribution in [2.75, 3.05) is 20.1 Å². The van der Waals surface area contributed by atoms with Crippen molar-refractivity contribution in [1.29, 1.82) is 0 Å². The number of phenolic OH excluding ortho intramolecular Hbond substituents is 1. The van der Waals surface area contributed by atoms with Gasteiger partial charge in [0, 0.05) is 44.0 Å². The second kappa shape index (κ2) is 8.07. The van der Waals surface area contributed by atoms with Gasteiger partial charge in [-0.15, -0.1) is 6.58 Å². The monoisotopic (exact) mass is 475 g/mol. The number of rotatable bonds is 6. The lowest BCUT2D eigenvalue weighted by Gasteiger charge is -2.64. The average Bonchev–Trinajstić information content (AvgIpc) is 3.22. The summed E-state index contributed by atoms with van der Waals surface area (Å²) in [5.41, 5.74) is 1.52. The molecular weight excluding hydrogens is 442 g/mol. The number of hydrogen-bond acceptors (Lipinski definition) is 6. The van der Waals surface area contributed by atoms with Gasteiger partial charge in [0.25, 0.3) is 0 Å². The summed E-state index contributed by atoms with van der Waals surface area (Å²) in [5.74, 6) is 0.678. The molecule has 1 amide bonds. The Morgan fingerprint density at radius 1 is 1.37 bits per heavy atom. The molecule has 6 rings (SSSR count). The lowest BCUT2D eigenvalue weighted by atomic mass is 9.48. The summed E-state index contributed by atoms with van der Waals surface area (Å²) in [6.07, 6.45) is 8.74. The summed E-state index contributed by atoms with van der Waals surface area (Å²) in [4.78, 5) is 21.6. The number of phenols is 1. The SMILES string of the molecule is C=CCN1CC[C@]23c4c5ccc(O)c4OC2C(N(C)C(=O)CCc2cccnc2)CC[C@@]3(O)[C@H]1C5. The predicted molar refractivity (Wildman–Crippen MR) is 131 cm³/mol. The molecule has 4 aliphatic rings. The van der Waals surface area contributed by atoms with E-state index in [0.29, 0.717) is 31.4 Å². The first-order valence-corrected chi connectivity index (χ1v) is 12.6. The summed E-state index contributed by atoms with van der Waals surface area (Å²) < 4.78 is 6.56. The van der Waals surface area contributed by atoms with Gasteiger partial charge in [-0.3, -0.25) is 14.7 Å². The number of aliphatic hydroxyl groups is 1. The van der Waals surface area contributed by atoms with E-state index in [4.69, 9.17) is 4.74 Å². The number of aryl methyl sites for hydroxylation is 1. The van der Waals surface area contributed by atoms with Crippen molar-refractivity contribution in [1.82, 2.24) is 14.8 Å². The minimum atomic E-state index is -0.985. The Bertz CT molecular complexity index is 1170.